The van der Waals surface area contributed by atoms with Crippen molar-refractivity contribution < 1.29 is 19.3 Å². The summed E-state index contributed by atoms with van der Waals surface area (Å²) in [4.78, 5) is 13.1. The number of fused-ring (bicyclic) bond motifs is 1. The Balaban J connectivity index is 1.47. The summed E-state index contributed by atoms with van der Waals surface area (Å²) in [5, 5.41) is 11.1. The molecular formula is C21H32N4O4. The van der Waals surface area contributed by atoms with E-state index in [1.165, 1.54) is 25.7 Å². The molecule has 8 heteroatoms. The van der Waals surface area contributed by atoms with Gasteiger partial charge in [-0.1, -0.05) is 32.1 Å². The van der Waals surface area contributed by atoms with Gasteiger partial charge in [0.05, 0.1) is 44.0 Å². The lowest BCUT2D eigenvalue weighted by Gasteiger charge is -2.40. The third-order valence-electron chi connectivity index (χ3n) is 6.12. The summed E-state index contributed by atoms with van der Waals surface area (Å²) in [6, 6.07) is -0.205. The number of hydrogen-bond acceptors (Lipinski definition) is 7. The van der Waals surface area contributed by atoms with Crippen molar-refractivity contribution in [3.05, 3.63) is 18.3 Å². The minimum atomic E-state index is -0.702. The zero-order valence-electron chi connectivity index (χ0n) is 17.4. The number of aromatic nitrogens is 4. The van der Waals surface area contributed by atoms with E-state index in [1.54, 1.807) is 19.8 Å². The fourth-order valence-corrected chi connectivity index (χ4v) is 4.22. The van der Waals surface area contributed by atoms with Crippen LogP contribution in [0, 0.1) is 12.8 Å². The summed E-state index contributed by atoms with van der Waals surface area (Å²) >= 11 is 0. The Morgan fingerprint density at radius 1 is 1.17 bits per heavy atom. The van der Waals surface area contributed by atoms with Gasteiger partial charge in [0, 0.05) is 7.11 Å². The molecule has 0 aromatic carbocycles. The van der Waals surface area contributed by atoms with Crippen molar-refractivity contribution >= 4 is 11.2 Å². The summed E-state index contributed by atoms with van der Waals surface area (Å²) in [6.07, 6.45) is 9.21. The largest absolute Gasteiger partial charge is 0.388 e. The van der Waals surface area contributed by atoms with Crippen LogP contribution in [0.5, 0.6) is 0 Å². The molecule has 4 rings (SSSR count). The lowest BCUT2D eigenvalue weighted by Crippen LogP contribution is -2.52. The number of imidazole rings is 1. The molecule has 4 atom stereocenters. The second kappa shape index (κ2) is 9.47. The Morgan fingerprint density at radius 2 is 2.00 bits per heavy atom. The molecule has 2 aliphatic rings. The van der Waals surface area contributed by atoms with Crippen molar-refractivity contribution in [3.8, 4) is 0 Å². The monoisotopic (exact) mass is 404 g/mol. The highest BCUT2D eigenvalue weighted by Gasteiger charge is 2.41. The molecule has 1 aliphatic carbocycles. The van der Waals surface area contributed by atoms with E-state index >= 15 is 0 Å². The van der Waals surface area contributed by atoms with Crippen LogP contribution in [0.2, 0.25) is 0 Å². The Hall–Kier alpha value is -1.61. The number of aryl methyl sites for hydroxylation is 1. The van der Waals surface area contributed by atoms with Crippen LogP contribution >= 0.6 is 0 Å². The minimum Gasteiger partial charge on any atom is -0.388 e. The number of methoxy groups -OCH3 is 1. The fraction of sp³-hybridized carbons (Fsp3) is 0.762. The first-order chi connectivity index (χ1) is 14.2. The van der Waals surface area contributed by atoms with E-state index in [1.807, 2.05) is 11.5 Å². The van der Waals surface area contributed by atoms with Gasteiger partial charge in [0.1, 0.15) is 24.1 Å². The molecule has 1 aliphatic heterocycles. The van der Waals surface area contributed by atoms with Gasteiger partial charge in [0.2, 0.25) is 0 Å². The highest BCUT2D eigenvalue weighted by molar-refractivity contribution is 5.72. The molecule has 3 heterocycles. The molecule has 0 bridgehead atoms. The first-order valence-electron chi connectivity index (χ1n) is 10.7. The molecule has 0 radical (unpaired) electrons. The minimum absolute atomic E-state index is 0.204. The SMILES string of the molecule is COCCOC1C(O)C(CCCCC2CC2)OCC1n1cnc2c(C)ncnc21. The van der Waals surface area contributed by atoms with Crippen molar-refractivity contribution in [2.24, 2.45) is 5.92 Å². The van der Waals surface area contributed by atoms with Gasteiger partial charge in [-0.15, -0.1) is 0 Å². The van der Waals surface area contributed by atoms with Crippen LogP contribution in [0.3, 0.4) is 0 Å². The number of nitrogens with zero attached hydrogens (tertiary/aromatic N) is 4. The zero-order valence-corrected chi connectivity index (χ0v) is 17.4. The Kier molecular flexibility index (Phi) is 6.74. The normalized spacial score (nSPS) is 27.6. The summed E-state index contributed by atoms with van der Waals surface area (Å²) < 4.78 is 19.3. The van der Waals surface area contributed by atoms with Crippen LogP contribution < -0.4 is 0 Å². The van der Waals surface area contributed by atoms with Gasteiger partial charge in [0.25, 0.3) is 0 Å². The molecular weight excluding hydrogens is 372 g/mol. The van der Waals surface area contributed by atoms with E-state index in [-0.39, 0.29) is 12.1 Å². The maximum Gasteiger partial charge on any atom is 0.163 e. The standard InChI is InChI=1S/C21H32N4O4/c1-14-18-21(23-12-22-14)25(13-24-18)16-11-29-17(6-4-3-5-15-7-8-15)19(26)20(16)28-10-9-27-2/h12-13,15-17,19-20,26H,3-11H2,1-2H3. The Labute approximate surface area is 171 Å². The Bertz CT molecular complexity index is 794. The van der Waals surface area contributed by atoms with Gasteiger partial charge < -0.3 is 23.9 Å². The van der Waals surface area contributed by atoms with E-state index in [9.17, 15) is 5.11 Å². The number of hydrogen-bond donors (Lipinski definition) is 1. The number of unbranched alkanes of at least 4 members (excludes halogenated alkanes) is 1. The average molecular weight is 405 g/mol. The van der Waals surface area contributed by atoms with Gasteiger partial charge in [-0.05, 0) is 19.3 Å². The topological polar surface area (TPSA) is 91.5 Å². The smallest absolute Gasteiger partial charge is 0.163 e. The van der Waals surface area contributed by atoms with Crippen molar-refractivity contribution in [2.75, 3.05) is 26.9 Å². The number of rotatable bonds is 10. The van der Waals surface area contributed by atoms with Gasteiger partial charge in [0.15, 0.2) is 5.65 Å². The molecule has 160 valence electrons. The highest BCUT2D eigenvalue weighted by atomic mass is 16.6. The zero-order chi connectivity index (χ0) is 20.2. The van der Waals surface area contributed by atoms with E-state index in [2.05, 4.69) is 15.0 Å². The maximum atomic E-state index is 11.1. The van der Waals surface area contributed by atoms with E-state index < -0.39 is 12.2 Å². The van der Waals surface area contributed by atoms with Crippen LogP contribution in [0.1, 0.15) is 50.3 Å². The van der Waals surface area contributed by atoms with Gasteiger partial charge in [-0.25, -0.2) is 15.0 Å². The first kappa shape index (κ1) is 20.7. The molecule has 1 saturated heterocycles. The molecule has 4 unspecified atom stereocenters. The van der Waals surface area contributed by atoms with Crippen LogP contribution in [0.4, 0.5) is 0 Å². The average Bonchev–Trinajstić information content (AvgIpc) is 3.45. The molecule has 2 fully saturated rings. The Morgan fingerprint density at radius 3 is 2.79 bits per heavy atom. The number of aliphatic hydroxyl groups excluding tert-OH is 1. The summed E-state index contributed by atoms with van der Waals surface area (Å²) in [6.45, 7) is 3.27. The van der Waals surface area contributed by atoms with Crippen LogP contribution in [0.25, 0.3) is 11.2 Å². The molecule has 1 N–H and O–H groups in total. The van der Waals surface area contributed by atoms with Crippen LogP contribution in [-0.2, 0) is 14.2 Å². The van der Waals surface area contributed by atoms with Crippen molar-refractivity contribution in [2.45, 2.75) is 69.8 Å². The first-order valence-corrected chi connectivity index (χ1v) is 10.7. The van der Waals surface area contributed by atoms with E-state index in [0.717, 1.165) is 35.6 Å². The van der Waals surface area contributed by atoms with E-state index in [4.69, 9.17) is 14.2 Å². The lowest BCUT2D eigenvalue weighted by molar-refractivity contribution is -0.182. The number of aliphatic hydroxyl groups is 1. The van der Waals surface area contributed by atoms with Crippen molar-refractivity contribution in [3.63, 3.8) is 0 Å². The molecule has 29 heavy (non-hydrogen) atoms. The second-order valence-electron chi connectivity index (χ2n) is 8.27. The second-order valence-corrected chi connectivity index (χ2v) is 8.27. The van der Waals surface area contributed by atoms with Crippen LogP contribution in [-0.4, -0.2) is 69.9 Å². The highest BCUT2D eigenvalue weighted by Crippen LogP contribution is 2.35. The third kappa shape index (κ3) is 4.77. The van der Waals surface area contributed by atoms with Gasteiger partial charge >= 0.3 is 0 Å². The molecule has 2 aromatic heterocycles. The molecule has 2 aromatic rings. The van der Waals surface area contributed by atoms with Crippen molar-refractivity contribution in [1.29, 1.82) is 0 Å². The summed E-state index contributed by atoms with van der Waals surface area (Å²) in [5.74, 6) is 0.946. The predicted octanol–water partition coefficient (Wildman–Crippen LogP) is 2.44. The summed E-state index contributed by atoms with van der Waals surface area (Å²) in [7, 11) is 1.65. The fourth-order valence-electron chi connectivity index (χ4n) is 4.22. The summed E-state index contributed by atoms with van der Waals surface area (Å²) in [5.41, 5.74) is 2.33. The molecule has 0 amide bonds. The molecule has 0 spiro atoms. The molecule has 1 saturated carbocycles. The van der Waals surface area contributed by atoms with Gasteiger partial charge in [-0.3, -0.25) is 0 Å². The van der Waals surface area contributed by atoms with Crippen molar-refractivity contribution in [1.82, 2.24) is 19.5 Å². The predicted molar refractivity (Wildman–Crippen MR) is 108 cm³/mol. The van der Waals surface area contributed by atoms with Crippen LogP contribution in [0.15, 0.2) is 12.7 Å². The quantitative estimate of drug-likeness (QED) is 0.608. The lowest BCUT2D eigenvalue weighted by atomic mass is 9.94. The van der Waals surface area contributed by atoms with E-state index in [0.29, 0.717) is 19.8 Å². The third-order valence-corrected chi connectivity index (χ3v) is 6.12. The number of ether oxygens (including phenoxy) is 3. The van der Waals surface area contributed by atoms with Gasteiger partial charge in [-0.2, -0.15) is 0 Å². The molecule has 8 nitrogen and oxygen atoms in total. The maximum absolute atomic E-state index is 11.1.